The first-order chi connectivity index (χ1) is 8.84. The van der Waals surface area contributed by atoms with Crippen molar-refractivity contribution < 1.29 is 4.74 Å². The van der Waals surface area contributed by atoms with Crippen molar-refractivity contribution in [3.05, 3.63) is 60.2 Å². The van der Waals surface area contributed by atoms with Crippen molar-refractivity contribution >= 4 is 10.8 Å². The molecule has 0 aromatic heterocycles. The molecule has 0 radical (unpaired) electrons. The second-order valence-corrected chi connectivity index (χ2v) is 4.71. The van der Waals surface area contributed by atoms with Crippen LogP contribution < -0.4 is 4.74 Å². The highest BCUT2D eigenvalue weighted by atomic mass is 16.5. The first kappa shape index (κ1) is 9.72. The minimum absolute atomic E-state index is 0.946. The smallest absolute Gasteiger partial charge is 0.135 e. The number of aryl methyl sites for hydroxylation is 1. The molecule has 18 heavy (non-hydrogen) atoms. The highest BCUT2D eigenvalue weighted by molar-refractivity contribution is 6.05. The zero-order chi connectivity index (χ0) is 12.1. The predicted octanol–water partition coefficient (Wildman–Crippen LogP) is 4.92. The number of para-hydroxylation sites is 1. The molecule has 1 heteroatoms. The van der Waals surface area contributed by atoms with Crippen LogP contribution >= 0.6 is 0 Å². The Morgan fingerprint density at radius 1 is 0.722 bits per heavy atom. The van der Waals surface area contributed by atoms with Crippen LogP contribution in [0.3, 0.4) is 0 Å². The molecule has 0 unspecified atom stereocenters. The Labute approximate surface area is 106 Å². The third-order valence-electron chi connectivity index (χ3n) is 3.62. The lowest BCUT2D eigenvalue weighted by molar-refractivity contribution is 0.487. The molecule has 4 rings (SSSR count). The van der Waals surface area contributed by atoms with Gasteiger partial charge in [0, 0.05) is 10.9 Å². The second-order valence-electron chi connectivity index (χ2n) is 4.71. The minimum atomic E-state index is 0.946. The van der Waals surface area contributed by atoms with E-state index >= 15 is 0 Å². The summed E-state index contributed by atoms with van der Waals surface area (Å²) >= 11 is 0. The van der Waals surface area contributed by atoms with E-state index in [1.54, 1.807) is 0 Å². The van der Waals surface area contributed by atoms with Crippen LogP contribution in [0, 0.1) is 6.92 Å². The fourth-order valence-corrected chi connectivity index (χ4v) is 2.73. The lowest BCUT2D eigenvalue weighted by Crippen LogP contribution is -1.97. The molecule has 0 N–H and O–H groups in total. The van der Waals surface area contributed by atoms with Crippen molar-refractivity contribution in [3.8, 4) is 22.6 Å². The molecular formula is C17H12O. The van der Waals surface area contributed by atoms with Gasteiger partial charge in [0.15, 0.2) is 0 Å². The van der Waals surface area contributed by atoms with Gasteiger partial charge in [0.05, 0.1) is 0 Å². The van der Waals surface area contributed by atoms with E-state index in [0.29, 0.717) is 0 Å². The summed E-state index contributed by atoms with van der Waals surface area (Å²) in [6.45, 7) is 2.14. The number of fused-ring (bicyclic) bond motifs is 2. The molecule has 1 nitrogen and oxygen atoms in total. The van der Waals surface area contributed by atoms with Crippen molar-refractivity contribution in [1.82, 2.24) is 0 Å². The van der Waals surface area contributed by atoms with E-state index in [1.807, 2.05) is 18.2 Å². The van der Waals surface area contributed by atoms with Crippen molar-refractivity contribution in [1.29, 1.82) is 0 Å². The summed E-state index contributed by atoms with van der Waals surface area (Å²) in [5, 5.41) is 2.51. The lowest BCUT2D eigenvalue weighted by Gasteiger charge is -2.21. The van der Waals surface area contributed by atoms with Crippen molar-refractivity contribution in [2.45, 2.75) is 6.92 Å². The maximum atomic E-state index is 6.00. The molecule has 1 heterocycles. The molecule has 1 aliphatic rings. The van der Waals surface area contributed by atoms with E-state index in [4.69, 9.17) is 4.74 Å². The van der Waals surface area contributed by atoms with Gasteiger partial charge >= 0.3 is 0 Å². The minimum Gasteiger partial charge on any atom is -0.456 e. The summed E-state index contributed by atoms with van der Waals surface area (Å²) in [5.74, 6) is 1.91. The van der Waals surface area contributed by atoms with Gasteiger partial charge in [0.25, 0.3) is 0 Å². The Bertz CT molecular complexity index is 772. The SMILES string of the molecule is Cc1ccc2c3c(cccc13)Oc1ccccc1-2. The largest absolute Gasteiger partial charge is 0.456 e. The zero-order valence-corrected chi connectivity index (χ0v) is 10.1. The Morgan fingerprint density at radius 3 is 2.50 bits per heavy atom. The molecule has 0 saturated heterocycles. The maximum Gasteiger partial charge on any atom is 0.135 e. The molecule has 0 atom stereocenters. The first-order valence-electron chi connectivity index (χ1n) is 6.14. The van der Waals surface area contributed by atoms with Crippen LogP contribution in [0.2, 0.25) is 0 Å². The normalized spacial score (nSPS) is 12.1. The molecule has 0 amide bonds. The van der Waals surface area contributed by atoms with Gasteiger partial charge in [0.2, 0.25) is 0 Å². The first-order valence-corrected chi connectivity index (χ1v) is 6.14. The molecule has 3 aromatic carbocycles. The second kappa shape index (κ2) is 3.36. The summed E-state index contributed by atoms with van der Waals surface area (Å²) in [5.41, 5.74) is 3.74. The van der Waals surface area contributed by atoms with Crippen molar-refractivity contribution in [2.75, 3.05) is 0 Å². The highest BCUT2D eigenvalue weighted by Crippen LogP contribution is 2.46. The number of hydrogen-bond donors (Lipinski definition) is 0. The van der Waals surface area contributed by atoms with Crippen LogP contribution in [-0.2, 0) is 0 Å². The lowest BCUT2D eigenvalue weighted by atomic mass is 9.93. The quantitative estimate of drug-likeness (QED) is 0.418. The number of ether oxygens (including phenoxy) is 1. The monoisotopic (exact) mass is 232 g/mol. The molecule has 3 aromatic rings. The topological polar surface area (TPSA) is 9.23 Å². The molecular weight excluding hydrogens is 220 g/mol. The highest BCUT2D eigenvalue weighted by Gasteiger charge is 2.19. The Balaban J connectivity index is 2.22. The average Bonchev–Trinajstić information content (AvgIpc) is 2.42. The van der Waals surface area contributed by atoms with Crippen LogP contribution in [0.25, 0.3) is 21.9 Å². The fourth-order valence-electron chi connectivity index (χ4n) is 2.73. The van der Waals surface area contributed by atoms with E-state index in [-0.39, 0.29) is 0 Å². The van der Waals surface area contributed by atoms with E-state index in [0.717, 1.165) is 11.5 Å². The van der Waals surface area contributed by atoms with E-state index in [2.05, 4.69) is 43.3 Å². The molecule has 0 fully saturated rings. The molecule has 0 aliphatic carbocycles. The molecule has 1 aliphatic heterocycles. The van der Waals surface area contributed by atoms with E-state index in [9.17, 15) is 0 Å². The summed E-state index contributed by atoms with van der Waals surface area (Å²) in [6, 6.07) is 18.9. The molecule has 86 valence electrons. The summed E-state index contributed by atoms with van der Waals surface area (Å²) in [4.78, 5) is 0. The average molecular weight is 232 g/mol. The number of benzene rings is 3. The third-order valence-corrected chi connectivity index (χ3v) is 3.62. The van der Waals surface area contributed by atoms with Gasteiger partial charge in [-0.2, -0.15) is 0 Å². The predicted molar refractivity (Wildman–Crippen MR) is 74.2 cm³/mol. The van der Waals surface area contributed by atoms with Gasteiger partial charge in [-0.25, -0.2) is 0 Å². The van der Waals surface area contributed by atoms with Gasteiger partial charge in [-0.15, -0.1) is 0 Å². The van der Waals surface area contributed by atoms with E-state index < -0.39 is 0 Å². The zero-order valence-electron chi connectivity index (χ0n) is 10.1. The number of rotatable bonds is 0. The van der Waals surface area contributed by atoms with Gasteiger partial charge in [-0.3, -0.25) is 0 Å². The maximum absolute atomic E-state index is 6.00. The summed E-state index contributed by atoms with van der Waals surface area (Å²) in [6.07, 6.45) is 0. The third kappa shape index (κ3) is 1.16. The van der Waals surface area contributed by atoms with Crippen molar-refractivity contribution in [2.24, 2.45) is 0 Å². The van der Waals surface area contributed by atoms with Crippen LogP contribution in [0.4, 0.5) is 0 Å². The summed E-state index contributed by atoms with van der Waals surface area (Å²) < 4.78 is 6.00. The standard InChI is InChI=1S/C17H12O/c1-11-9-10-14-13-5-2-3-7-15(13)18-16-8-4-6-12(11)17(14)16/h2-10H,1H3. The van der Waals surface area contributed by atoms with Gasteiger partial charge < -0.3 is 4.74 Å². The van der Waals surface area contributed by atoms with Crippen LogP contribution in [0.1, 0.15) is 5.56 Å². The van der Waals surface area contributed by atoms with E-state index in [1.165, 1.54) is 27.5 Å². The number of hydrogen-bond acceptors (Lipinski definition) is 1. The van der Waals surface area contributed by atoms with Crippen LogP contribution in [0.5, 0.6) is 11.5 Å². The van der Waals surface area contributed by atoms with Crippen LogP contribution in [0.15, 0.2) is 54.6 Å². The summed E-state index contributed by atoms with van der Waals surface area (Å²) in [7, 11) is 0. The molecule has 0 bridgehead atoms. The Morgan fingerprint density at radius 2 is 1.56 bits per heavy atom. The van der Waals surface area contributed by atoms with Gasteiger partial charge in [-0.05, 0) is 35.6 Å². The fraction of sp³-hybridized carbons (Fsp3) is 0.0588. The van der Waals surface area contributed by atoms with Gasteiger partial charge in [-0.1, -0.05) is 42.5 Å². The van der Waals surface area contributed by atoms with Gasteiger partial charge in [0.1, 0.15) is 11.5 Å². The Hall–Kier alpha value is -2.28. The van der Waals surface area contributed by atoms with Crippen molar-refractivity contribution in [3.63, 3.8) is 0 Å². The Kier molecular flexibility index (Phi) is 1.81. The molecule has 0 spiro atoms. The van der Waals surface area contributed by atoms with Crippen LogP contribution in [-0.4, -0.2) is 0 Å². The molecule has 0 saturated carbocycles.